The molecule has 0 aliphatic rings. The summed E-state index contributed by atoms with van der Waals surface area (Å²) in [6.07, 6.45) is -2.59. The van der Waals surface area contributed by atoms with E-state index in [4.69, 9.17) is 16.9 Å². The van der Waals surface area contributed by atoms with Gasteiger partial charge in [0, 0.05) is 17.3 Å². The number of rotatable bonds is 3. The number of anilines is 2. The Kier molecular flexibility index (Phi) is 4.18. The van der Waals surface area contributed by atoms with Crippen molar-refractivity contribution in [3.63, 3.8) is 0 Å². The van der Waals surface area contributed by atoms with E-state index in [-0.39, 0.29) is 22.7 Å². The molecule has 2 heterocycles. The number of fused-ring (bicyclic) bond motifs is 1. The number of nitrogens with two attached hydrogens (primary N) is 2. The Bertz CT molecular complexity index is 1230. The minimum Gasteiger partial charge on any atom is -0.398 e. The number of nitrogens with one attached hydrogen (secondary N) is 1. The summed E-state index contributed by atoms with van der Waals surface area (Å²) >= 11 is 0. The van der Waals surface area contributed by atoms with Crippen molar-refractivity contribution in [3.8, 4) is 22.4 Å². The molecule has 0 unspecified atom stereocenters. The van der Waals surface area contributed by atoms with E-state index in [9.17, 15) is 13.2 Å². The zero-order valence-electron chi connectivity index (χ0n) is 14.8. The van der Waals surface area contributed by atoms with Gasteiger partial charge in [-0.2, -0.15) is 13.2 Å². The molecule has 0 radical (unpaired) electrons. The average molecular weight is 397 g/mol. The van der Waals surface area contributed by atoms with Gasteiger partial charge in [0.15, 0.2) is 5.65 Å². The van der Waals surface area contributed by atoms with Crippen molar-refractivity contribution >= 4 is 23.5 Å². The van der Waals surface area contributed by atoms with Gasteiger partial charge < -0.3 is 16.9 Å². The molecule has 0 aliphatic carbocycles. The van der Waals surface area contributed by atoms with Crippen molar-refractivity contribution in [1.82, 2.24) is 19.6 Å². The van der Waals surface area contributed by atoms with Crippen LogP contribution in [0.3, 0.4) is 0 Å². The number of hydrogen-bond donors (Lipinski definition) is 3. The molecule has 0 fully saturated rings. The van der Waals surface area contributed by atoms with E-state index < -0.39 is 17.4 Å². The number of aromatic nitrogens is 4. The highest BCUT2D eigenvalue weighted by atomic mass is 19.4. The molecule has 4 rings (SSSR count). The van der Waals surface area contributed by atoms with Crippen LogP contribution < -0.4 is 11.5 Å². The fraction of sp³-hybridized carbons (Fsp3) is 0.0526. The summed E-state index contributed by atoms with van der Waals surface area (Å²) in [5.74, 6) is 0.0892. The lowest BCUT2D eigenvalue weighted by Gasteiger charge is -2.17. The summed E-state index contributed by atoms with van der Waals surface area (Å²) in [7, 11) is 0. The minimum absolute atomic E-state index is 0.0664. The molecule has 10 heteroatoms. The van der Waals surface area contributed by atoms with Gasteiger partial charge in [0.1, 0.15) is 6.33 Å². The van der Waals surface area contributed by atoms with Crippen LogP contribution in [0, 0.1) is 5.41 Å². The smallest absolute Gasteiger partial charge is 0.398 e. The zero-order valence-corrected chi connectivity index (χ0v) is 14.8. The van der Waals surface area contributed by atoms with Crippen LogP contribution in [0.15, 0.2) is 48.8 Å². The number of hydrogen-bond acceptors (Lipinski definition) is 6. The van der Waals surface area contributed by atoms with Crippen LogP contribution in [0.2, 0.25) is 0 Å². The molecule has 0 bridgehead atoms. The van der Waals surface area contributed by atoms with Crippen LogP contribution >= 0.6 is 0 Å². The van der Waals surface area contributed by atoms with E-state index in [1.165, 1.54) is 16.8 Å². The number of nitrogens with zero attached hydrogens (tertiary/aromatic N) is 4. The maximum absolute atomic E-state index is 13.6. The third-order valence-electron chi connectivity index (χ3n) is 4.49. The maximum Gasteiger partial charge on any atom is 0.418 e. The predicted octanol–water partition coefficient (Wildman–Crippen LogP) is 3.64. The van der Waals surface area contributed by atoms with E-state index in [1.54, 1.807) is 30.3 Å². The normalized spacial score (nSPS) is 11.7. The van der Waals surface area contributed by atoms with Gasteiger partial charge in [-0.15, -0.1) is 10.2 Å². The average Bonchev–Trinajstić information content (AvgIpc) is 3.18. The number of alkyl halides is 3. The van der Waals surface area contributed by atoms with Gasteiger partial charge in [0.25, 0.3) is 0 Å². The standard InChI is InChI=1S/C19H14F3N7/c20-19(21,22)13-7-11(6-12(8-23)15(13)24)14-16(10-4-2-1-3-5-10)27-18(25)29-9-26-28-17(14)29/h1-9,23H,24H2,(H2,25,27). The van der Waals surface area contributed by atoms with Crippen molar-refractivity contribution in [3.05, 3.63) is 59.9 Å². The fourth-order valence-electron chi connectivity index (χ4n) is 3.15. The fourth-order valence-corrected chi connectivity index (χ4v) is 3.15. The monoisotopic (exact) mass is 397 g/mol. The Morgan fingerprint density at radius 2 is 1.76 bits per heavy atom. The Balaban J connectivity index is 2.13. The summed E-state index contributed by atoms with van der Waals surface area (Å²) in [5, 5.41) is 15.3. The quantitative estimate of drug-likeness (QED) is 0.360. The van der Waals surface area contributed by atoms with Crippen LogP contribution in [-0.4, -0.2) is 25.8 Å². The summed E-state index contributed by atoms with van der Waals surface area (Å²) in [6, 6.07) is 11.2. The first-order valence-electron chi connectivity index (χ1n) is 8.37. The van der Waals surface area contributed by atoms with Gasteiger partial charge in [-0.1, -0.05) is 30.3 Å². The highest BCUT2D eigenvalue weighted by molar-refractivity contribution is 5.95. The number of benzene rings is 2. The third-order valence-corrected chi connectivity index (χ3v) is 4.49. The molecular formula is C19H14F3N7. The first-order chi connectivity index (χ1) is 13.8. The van der Waals surface area contributed by atoms with Gasteiger partial charge in [-0.25, -0.2) is 4.98 Å². The van der Waals surface area contributed by atoms with Crippen molar-refractivity contribution in [2.75, 3.05) is 11.5 Å². The molecule has 146 valence electrons. The molecule has 0 aliphatic heterocycles. The second-order valence-corrected chi connectivity index (χ2v) is 6.25. The van der Waals surface area contributed by atoms with Crippen molar-refractivity contribution < 1.29 is 13.2 Å². The second-order valence-electron chi connectivity index (χ2n) is 6.25. The molecule has 29 heavy (non-hydrogen) atoms. The minimum atomic E-state index is -4.70. The second kappa shape index (κ2) is 6.59. The van der Waals surface area contributed by atoms with E-state index >= 15 is 0 Å². The lowest BCUT2D eigenvalue weighted by molar-refractivity contribution is -0.136. The molecule has 0 amide bonds. The summed E-state index contributed by atoms with van der Waals surface area (Å²) in [6.45, 7) is 0. The highest BCUT2D eigenvalue weighted by Crippen LogP contribution is 2.41. The third kappa shape index (κ3) is 3.04. The number of nitrogen functional groups attached to an aromatic ring is 2. The lowest BCUT2D eigenvalue weighted by atomic mass is 9.95. The van der Waals surface area contributed by atoms with E-state index in [0.29, 0.717) is 16.8 Å². The molecule has 0 spiro atoms. The Labute approximate surface area is 162 Å². The summed E-state index contributed by atoms with van der Waals surface area (Å²) in [5.41, 5.74) is 11.7. The molecule has 5 N–H and O–H groups in total. The predicted molar refractivity (Wildman–Crippen MR) is 103 cm³/mol. The number of halogens is 3. The molecule has 0 atom stereocenters. The van der Waals surface area contributed by atoms with Crippen molar-refractivity contribution in [2.45, 2.75) is 6.18 Å². The zero-order chi connectivity index (χ0) is 20.8. The first-order valence-corrected chi connectivity index (χ1v) is 8.37. The Hall–Kier alpha value is -3.95. The first kappa shape index (κ1) is 18.4. The van der Waals surface area contributed by atoms with E-state index in [0.717, 1.165) is 12.3 Å². The van der Waals surface area contributed by atoms with Crippen molar-refractivity contribution in [2.24, 2.45) is 0 Å². The Morgan fingerprint density at radius 3 is 2.41 bits per heavy atom. The van der Waals surface area contributed by atoms with Crippen LogP contribution in [0.25, 0.3) is 28.0 Å². The lowest BCUT2D eigenvalue weighted by Crippen LogP contribution is -2.12. The topological polar surface area (TPSA) is 119 Å². The molecule has 2 aromatic heterocycles. The molecule has 2 aromatic carbocycles. The van der Waals surface area contributed by atoms with Crippen LogP contribution in [-0.2, 0) is 6.18 Å². The van der Waals surface area contributed by atoms with Crippen molar-refractivity contribution in [1.29, 1.82) is 5.41 Å². The van der Waals surface area contributed by atoms with Crippen LogP contribution in [0.5, 0.6) is 0 Å². The van der Waals surface area contributed by atoms with Gasteiger partial charge in [-0.3, -0.25) is 4.40 Å². The largest absolute Gasteiger partial charge is 0.418 e. The SMILES string of the molecule is N=Cc1cc(-c2c(-c3ccccc3)nc(N)n3cnnc23)cc(C(F)(F)F)c1N. The van der Waals surface area contributed by atoms with Crippen LogP contribution in [0.1, 0.15) is 11.1 Å². The molecule has 0 saturated heterocycles. The Morgan fingerprint density at radius 1 is 1.03 bits per heavy atom. The molecular weight excluding hydrogens is 383 g/mol. The van der Waals surface area contributed by atoms with Gasteiger partial charge in [0.2, 0.25) is 5.95 Å². The maximum atomic E-state index is 13.6. The van der Waals surface area contributed by atoms with Crippen LogP contribution in [0.4, 0.5) is 24.8 Å². The van der Waals surface area contributed by atoms with Gasteiger partial charge >= 0.3 is 6.18 Å². The summed E-state index contributed by atoms with van der Waals surface area (Å²) < 4.78 is 42.1. The van der Waals surface area contributed by atoms with Gasteiger partial charge in [0.05, 0.1) is 22.5 Å². The molecule has 7 nitrogen and oxygen atoms in total. The molecule has 0 saturated carbocycles. The highest BCUT2D eigenvalue weighted by Gasteiger charge is 2.35. The van der Waals surface area contributed by atoms with E-state index in [1.807, 2.05) is 0 Å². The van der Waals surface area contributed by atoms with E-state index in [2.05, 4.69) is 15.2 Å². The summed E-state index contributed by atoms with van der Waals surface area (Å²) in [4.78, 5) is 4.38. The van der Waals surface area contributed by atoms with Gasteiger partial charge in [-0.05, 0) is 17.7 Å². The molecule has 4 aromatic rings.